The molecule has 3 aromatic carbocycles. The highest BCUT2D eigenvalue weighted by Crippen LogP contribution is 2.41. The summed E-state index contributed by atoms with van der Waals surface area (Å²) in [4.78, 5) is 52.7. The van der Waals surface area contributed by atoms with Gasteiger partial charge in [0.25, 0.3) is 5.91 Å². The third kappa shape index (κ3) is 6.18. The van der Waals surface area contributed by atoms with E-state index >= 15 is 0 Å². The Bertz CT molecular complexity index is 1800. The number of amides is 2. The van der Waals surface area contributed by atoms with Crippen molar-refractivity contribution < 1.29 is 33.0 Å². The molecule has 0 radical (unpaired) electrons. The molecule has 1 aromatic heterocycles. The van der Waals surface area contributed by atoms with Gasteiger partial charge < -0.3 is 23.9 Å². The number of fused-ring (bicyclic) bond motifs is 2. The highest BCUT2D eigenvalue weighted by molar-refractivity contribution is 8.00. The molecule has 0 unspecified atom stereocenters. The molecule has 2 atom stereocenters. The molecular weight excluding hydrogens is 584 g/mol. The van der Waals surface area contributed by atoms with Crippen LogP contribution in [-0.4, -0.2) is 53.6 Å². The molecule has 2 amide bonds. The van der Waals surface area contributed by atoms with Gasteiger partial charge in [0.15, 0.2) is 0 Å². The molecule has 2 aliphatic rings. The van der Waals surface area contributed by atoms with Crippen LogP contribution in [0.2, 0.25) is 0 Å². The minimum atomic E-state index is -0.772. The number of carbonyl (C=O) groups is 3. The van der Waals surface area contributed by atoms with Gasteiger partial charge in [0.2, 0.25) is 5.91 Å². The van der Waals surface area contributed by atoms with Crippen LogP contribution in [-0.2, 0) is 32.1 Å². The molecule has 4 aromatic rings. The van der Waals surface area contributed by atoms with Gasteiger partial charge in [0.05, 0.1) is 13.5 Å². The van der Waals surface area contributed by atoms with Crippen molar-refractivity contribution in [3.8, 4) is 11.5 Å². The smallest absolute Gasteiger partial charge is 0.355 e. The normalized spacial score (nSPS) is 17.5. The van der Waals surface area contributed by atoms with E-state index in [4.69, 9.17) is 18.6 Å². The van der Waals surface area contributed by atoms with E-state index in [1.807, 2.05) is 30.3 Å². The Kier molecular flexibility index (Phi) is 8.38. The van der Waals surface area contributed by atoms with Crippen LogP contribution in [0.4, 0.5) is 0 Å². The van der Waals surface area contributed by atoms with Crippen LogP contribution in [0.15, 0.2) is 105 Å². The van der Waals surface area contributed by atoms with Crippen molar-refractivity contribution in [3.63, 3.8) is 0 Å². The summed E-state index contributed by atoms with van der Waals surface area (Å²) in [5.74, 6) is 0.128. The third-order valence-corrected chi connectivity index (χ3v) is 8.64. The Hall–Kier alpha value is -5.03. The van der Waals surface area contributed by atoms with Gasteiger partial charge in [-0.05, 0) is 41.5 Å². The van der Waals surface area contributed by atoms with E-state index < -0.39 is 28.9 Å². The molecule has 10 nitrogen and oxygen atoms in total. The van der Waals surface area contributed by atoms with Crippen molar-refractivity contribution in [2.45, 2.75) is 24.4 Å². The number of hydrogen-bond donors (Lipinski definition) is 1. The van der Waals surface area contributed by atoms with Crippen LogP contribution in [0.25, 0.3) is 11.0 Å². The van der Waals surface area contributed by atoms with Crippen molar-refractivity contribution in [2.75, 3.05) is 19.5 Å². The second-order valence-electron chi connectivity index (χ2n) is 10.2. The lowest BCUT2D eigenvalue weighted by Crippen LogP contribution is -2.70. The molecule has 44 heavy (non-hydrogen) atoms. The van der Waals surface area contributed by atoms with E-state index in [1.165, 1.54) is 22.7 Å². The first-order valence-electron chi connectivity index (χ1n) is 13.9. The van der Waals surface area contributed by atoms with Gasteiger partial charge in [0, 0.05) is 28.8 Å². The maximum Gasteiger partial charge on any atom is 0.355 e. The quantitative estimate of drug-likeness (QED) is 0.162. The van der Waals surface area contributed by atoms with Crippen LogP contribution < -0.4 is 20.4 Å². The Morgan fingerprint density at radius 1 is 0.932 bits per heavy atom. The molecule has 1 saturated heterocycles. The van der Waals surface area contributed by atoms with Crippen molar-refractivity contribution >= 4 is 40.5 Å². The predicted molar refractivity (Wildman–Crippen MR) is 163 cm³/mol. The van der Waals surface area contributed by atoms with Gasteiger partial charge in [-0.2, -0.15) is 0 Å². The molecule has 6 rings (SSSR count). The average molecular weight is 613 g/mol. The molecule has 1 fully saturated rings. The summed E-state index contributed by atoms with van der Waals surface area (Å²) >= 11 is 1.43. The fourth-order valence-electron chi connectivity index (χ4n) is 5.03. The Morgan fingerprint density at radius 2 is 1.68 bits per heavy atom. The summed E-state index contributed by atoms with van der Waals surface area (Å²) in [7, 11) is 1.57. The minimum absolute atomic E-state index is 0.00985. The maximum atomic E-state index is 13.5. The summed E-state index contributed by atoms with van der Waals surface area (Å²) in [5, 5.41) is 3.10. The molecule has 1 N–H and O–H groups in total. The second-order valence-corrected chi connectivity index (χ2v) is 11.3. The SMILES string of the molecule is COc1ccc(COC(=O)C2=C(COc3ccc4ccc(=O)oc4c3)CS[C@@H]3[C@H](NC(=O)Cc4ccccc4)C(=O)N23)cc1. The summed E-state index contributed by atoms with van der Waals surface area (Å²) in [6, 6.07) is 23.7. The van der Waals surface area contributed by atoms with Gasteiger partial charge in [-0.25, -0.2) is 9.59 Å². The van der Waals surface area contributed by atoms with Crippen LogP contribution in [0.1, 0.15) is 11.1 Å². The lowest BCUT2D eigenvalue weighted by molar-refractivity contribution is -0.153. The van der Waals surface area contributed by atoms with Crippen molar-refractivity contribution in [1.82, 2.24) is 10.2 Å². The average Bonchev–Trinajstić information content (AvgIpc) is 3.05. The molecule has 2 aliphatic heterocycles. The van der Waals surface area contributed by atoms with Crippen molar-refractivity contribution in [2.24, 2.45) is 0 Å². The molecule has 3 heterocycles. The Morgan fingerprint density at radius 3 is 2.45 bits per heavy atom. The monoisotopic (exact) mass is 612 g/mol. The number of carbonyl (C=O) groups excluding carboxylic acids is 3. The number of rotatable bonds is 10. The van der Waals surface area contributed by atoms with Crippen molar-refractivity contribution in [1.29, 1.82) is 0 Å². The fourth-order valence-corrected chi connectivity index (χ4v) is 6.36. The van der Waals surface area contributed by atoms with Crippen LogP contribution in [0, 0.1) is 0 Å². The number of ether oxygens (including phenoxy) is 3. The summed E-state index contributed by atoms with van der Waals surface area (Å²) in [6.45, 7) is -0.0225. The summed E-state index contributed by atoms with van der Waals surface area (Å²) in [5.41, 5.74) is 2.14. The lowest BCUT2D eigenvalue weighted by Gasteiger charge is -2.49. The molecule has 0 aliphatic carbocycles. The highest BCUT2D eigenvalue weighted by atomic mass is 32.2. The molecule has 0 spiro atoms. The molecule has 0 bridgehead atoms. The molecule has 11 heteroatoms. The first-order valence-corrected chi connectivity index (χ1v) is 14.9. The number of thioether (sulfide) groups is 1. The fraction of sp³-hybridized carbons (Fsp3) is 0.212. The van der Waals surface area contributed by atoms with Gasteiger partial charge in [-0.3, -0.25) is 14.5 Å². The summed E-state index contributed by atoms with van der Waals surface area (Å²) < 4.78 is 22.1. The van der Waals surface area contributed by atoms with Crippen molar-refractivity contribution in [3.05, 3.63) is 118 Å². The number of nitrogens with one attached hydrogen (secondary N) is 1. The predicted octanol–water partition coefficient (Wildman–Crippen LogP) is 3.82. The number of nitrogens with zero attached hydrogens (tertiary/aromatic N) is 1. The number of esters is 1. The zero-order valence-electron chi connectivity index (χ0n) is 23.7. The van der Waals surface area contributed by atoms with Gasteiger partial charge in [0.1, 0.15) is 47.4 Å². The zero-order chi connectivity index (χ0) is 30.6. The molecule has 224 valence electrons. The largest absolute Gasteiger partial charge is 0.497 e. The first kappa shape index (κ1) is 29.1. The van der Waals surface area contributed by atoms with E-state index in [9.17, 15) is 19.2 Å². The van der Waals surface area contributed by atoms with Gasteiger partial charge in [-0.15, -0.1) is 11.8 Å². The lowest BCUT2D eigenvalue weighted by atomic mass is 10.0. The Balaban J connectivity index is 1.20. The van der Waals surface area contributed by atoms with E-state index in [2.05, 4.69) is 5.32 Å². The van der Waals surface area contributed by atoms with E-state index in [0.717, 1.165) is 16.5 Å². The zero-order valence-corrected chi connectivity index (χ0v) is 24.5. The summed E-state index contributed by atoms with van der Waals surface area (Å²) in [6.07, 6.45) is 0.138. The minimum Gasteiger partial charge on any atom is -0.497 e. The van der Waals surface area contributed by atoms with E-state index in [1.54, 1.807) is 55.6 Å². The number of methoxy groups -OCH3 is 1. The van der Waals surface area contributed by atoms with Crippen LogP contribution in [0.5, 0.6) is 11.5 Å². The van der Waals surface area contributed by atoms with E-state index in [-0.39, 0.29) is 31.2 Å². The molecular formula is C33H28N2O8S. The number of hydrogen-bond acceptors (Lipinski definition) is 9. The van der Waals surface area contributed by atoms with Gasteiger partial charge >= 0.3 is 11.6 Å². The second kappa shape index (κ2) is 12.7. The van der Waals surface area contributed by atoms with Crippen LogP contribution >= 0.6 is 11.8 Å². The maximum absolute atomic E-state index is 13.5. The third-order valence-electron chi connectivity index (χ3n) is 7.30. The molecule has 0 saturated carbocycles. The highest BCUT2D eigenvalue weighted by Gasteiger charge is 2.54. The number of β-lactam (4-membered cyclic amide) rings is 1. The standard InChI is InChI=1S/C33H28N2O8S/c1-40-24-11-7-21(8-12-24)17-42-33(39)30-23(18-41-25-13-9-22-10-14-28(37)43-26(22)16-25)19-44-32-29(31(38)35(30)32)34-27(36)15-20-5-3-2-4-6-20/h2-14,16,29,32H,15,17-19H2,1H3,(H,34,36)/t29-,32-/m1/s1. The topological polar surface area (TPSA) is 124 Å². The Labute approximate surface area is 256 Å². The first-order chi connectivity index (χ1) is 21.4. The number of benzene rings is 3. The van der Waals surface area contributed by atoms with Crippen LogP contribution in [0.3, 0.4) is 0 Å². The van der Waals surface area contributed by atoms with Gasteiger partial charge in [-0.1, -0.05) is 42.5 Å². The van der Waals surface area contributed by atoms with E-state index in [0.29, 0.717) is 28.4 Å².